The number of likely N-dealkylation sites (N-methyl/N-ethyl adjacent to an activating group) is 1. The van der Waals surface area contributed by atoms with Crippen LogP contribution in [0.1, 0.15) is 11.6 Å². The molecule has 138 valence electrons. The van der Waals surface area contributed by atoms with E-state index in [2.05, 4.69) is 5.32 Å². The van der Waals surface area contributed by atoms with Crippen LogP contribution in [0.15, 0.2) is 59.8 Å². The Morgan fingerprint density at radius 1 is 1.15 bits per heavy atom. The van der Waals surface area contributed by atoms with Gasteiger partial charge in [-0.3, -0.25) is 9.69 Å². The number of carbonyl (C=O) groups is 2. The minimum Gasteiger partial charge on any atom is -0.497 e. The van der Waals surface area contributed by atoms with Crippen LogP contribution in [0, 0.1) is 5.82 Å². The highest BCUT2D eigenvalue weighted by Crippen LogP contribution is 2.38. The van der Waals surface area contributed by atoms with E-state index in [-0.39, 0.29) is 18.5 Å². The van der Waals surface area contributed by atoms with Crippen molar-refractivity contribution in [2.24, 2.45) is 0 Å². The number of urea groups is 1. The molecule has 6 nitrogen and oxygen atoms in total. The zero-order valence-corrected chi connectivity index (χ0v) is 14.9. The maximum Gasteiger partial charge on any atom is 0.322 e. The maximum atomic E-state index is 13.6. The largest absolute Gasteiger partial charge is 0.497 e. The van der Waals surface area contributed by atoms with E-state index in [0.717, 1.165) is 5.56 Å². The van der Waals surface area contributed by atoms with Crippen molar-refractivity contribution in [1.82, 2.24) is 10.2 Å². The molecule has 0 saturated carbocycles. The summed E-state index contributed by atoms with van der Waals surface area (Å²) in [6.07, 6.45) is 0. The van der Waals surface area contributed by atoms with E-state index in [1.165, 1.54) is 21.9 Å². The van der Waals surface area contributed by atoms with E-state index in [1.54, 1.807) is 38.4 Å². The van der Waals surface area contributed by atoms with E-state index < -0.39 is 11.9 Å². The second kappa shape index (κ2) is 6.42. The number of halogens is 1. The third kappa shape index (κ3) is 2.81. The van der Waals surface area contributed by atoms with Gasteiger partial charge >= 0.3 is 6.03 Å². The predicted octanol–water partition coefficient (Wildman–Crippen LogP) is 2.83. The summed E-state index contributed by atoms with van der Waals surface area (Å²) in [5.41, 5.74) is 2.30. The summed E-state index contributed by atoms with van der Waals surface area (Å²) in [5.74, 6) is -0.0393. The molecule has 1 atom stereocenters. The lowest BCUT2D eigenvalue weighted by molar-refractivity contribution is -0.114. The lowest BCUT2D eigenvalue weighted by atomic mass is 9.95. The maximum absolute atomic E-state index is 13.6. The fourth-order valence-electron chi connectivity index (χ4n) is 3.49. The number of hydrogen-bond donors (Lipinski definition) is 1. The van der Waals surface area contributed by atoms with Crippen LogP contribution in [0.2, 0.25) is 0 Å². The number of carbonyl (C=O) groups excluding carboxylic acids is 2. The van der Waals surface area contributed by atoms with Gasteiger partial charge in [0.15, 0.2) is 0 Å². The molecule has 0 saturated heterocycles. The van der Waals surface area contributed by atoms with E-state index in [0.29, 0.717) is 22.7 Å². The van der Waals surface area contributed by atoms with Gasteiger partial charge in [0.25, 0.3) is 5.91 Å². The van der Waals surface area contributed by atoms with Crippen LogP contribution in [-0.4, -0.2) is 37.5 Å². The molecule has 27 heavy (non-hydrogen) atoms. The molecular formula is C20H18FN3O3. The lowest BCUT2D eigenvalue weighted by Gasteiger charge is -2.31. The number of benzene rings is 2. The van der Waals surface area contributed by atoms with Gasteiger partial charge in [0.2, 0.25) is 0 Å². The SMILES string of the molecule is COc1cccc(C2NC(=O)N(C)C3=C2C(=O)N(c2cccc(F)c2)C3)c1. The number of amides is 3. The van der Waals surface area contributed by atoms with Crippen molar-refractivity contribution in [1.29, 1.82) is 0 Å². The van der Waals surface area contributed by atoms with E-state index >= 15 is 0 Å². The number of methoxy groups -OCH3 is 1. The van der Waals surface area contributed by atoms with E-state index in [4.69, 9.17) is 4.74 Å². The van der Waals surface area contributed by atoms with Gasteiger partial charge in [-0.15, -0.1) is 0 Å². The Kier molecular flexibility index (Phi) is 4.07. The van der Waals surface area contributed by atoms with Crippen molar-refractivity contribution in [3.8, 4) is 5.75 Å². The molecule has 3 amide bonds. The Balaban J connectivity index is 1.77. The Labute approximate surface area is 155 Å². The van der Waals surface area contributed by atoms with Gasteiger partial charge in [-0.2, -0.15) is 0 Å². The minimum atomic E-state index is -0.593. The summed E-state index contributed by atoms with van der Waals surface area (Å²) in [5, 5.41) is 2.87. The number of hydrogen-bond acceptors (Lipinski definition) is 3. The Hall–Kier alpha value is -3.35. The molecule has 2 aliphatic rings. The van der Waals surface area contributed by atoms with Crippen molar-refractivity contribution >= 4 is 17.6 Å². The number of nitrogens with one attached hydrogen (secondary N) is 1. The summed E-state index contributed by atoms with van der Waals surface area (Å²) >= 11 is 0. The highest BCUT2D eigenvalue weighted by Gasteiger charge is 2.43. The standard InChI is InChI=1S/C20H18FN3O3/c1-23-16-11-24(14-7-4-6-13(21)10-14)19(25)17(16)18(22-20(23)26)12-5-3-8-15(9-12)27-2/h3-10,18H,11H2,1-2H3,(H,22,26). The molecule has 7 heteroatoms. The molecular weight excluding hydrogens is 349 g/mol. The summed E-state index contributed by atoms with van der Waals surface area (Å²) in [6, 6.07) is 12.2. The first-order valence-electron chi connectivity index (χ1n) is 8.48. The van der Waals surface area contributed by atoms with E-state index in [1.807, 2.05) is 12.1 Å². The summed E-state index contributed by atoms with van der Waals surface area (Å²) in [6.45, 7) is 0.210. The van der Waals surface area contributed by atoms with Crippen molar-refractivity contribution < 1.29 is 18.7 Å². The number of anilines is 1. The molecule has 0 radical (unpaired) electrons. The van der Waals surface area contributed by atoms with Crippen LogP contribution in [0.3, 0.4) is 0 Å². The number of nitrogens with zero attached hydrogens (tertiary/aromatic N) is 2. The van der Waals surface area contributed by atoms with Gasteiger partial charge < -0.3 is 15.0 Å². The normalized spacial score (nSPS) is 19.3. The highest BCUT2D eigenvalue weighted by molar-refractivity contribution is 6.11. The molecule has 0 bridgehead atoms. The number of rotatable bonds is 3. The molecule has 0 aromatic heterocycles. The van der Waals surface area contributed by atoms with Crippen LogP contribution < -0.4 is 15.0 Å². The fourth-order valence-corrected chi connectivity index (χ4v) is 3.49. The highest BCUT2D eigenvalue weighted by atomic mass is 19.1. The Morgan fingerprint density at radius 3 is 2.67 bits per heavy atom. The molecule has 1 N–H and O–H groups in total. The second-order valence-electron chi connectivity index (χ2n) is 6.45. The first-order chi connectivity index (χ1) is 13.0. The Bertz CT molecular complexity index is 972. The third-order valence-electron chi connectivity index (χ3n) is 4.91. The molecule has 2 aliphatic heterocycles. The molecule has 0 spiro atoms. The molecule has 2 aromatic carbocycles. The smallest absolute Gasteiger partial charge is 0.322 e. The van der Waals surface area contributed by atoms with Crippen LogP contribution in [0.4, 0.5) is 14.9 Å². The third-order valence-corrected chi connectivity index (χ3v) is 4.91. The minimum absolute atomic E-state index is 0.210. The van der Waals surface area contributed by atoms with Gasteiger partial charge in [-0.1, -0.05) is 18.2 Å². The van der Waals surface area contributed by atoms with Crippen LogP contribution >= 0.6 is 0 Å². The molecule has 4 rings (SSSR count). The quantitative estimate of drug-likeness (QED) is 0.907. The first kappa shape index (κ1) is 17.1. The van der Waals surface area contributed by atoms with Crippen LogP contribution in [-0.2, 0) is 4.79 Å². The molecule has 2 heterocycles. The van der Waals surface area contributed by atoms with E-state index in [9.17, 15) is 14.0 Å². The van der Waals surface area contributed by atoms with Gasteiger partial charge in [0.1, 0.15) is 11.6 Å². The molecule has 2 aromatic rings. The van der Waals surface area contributed by atoms with Crippen molar-refractivity contribution in [3.05, 3.63) is 71.2 Å². The van der Waals surface area contributed by atoms with Gasteiger partial charge in [-0.25, -0.2) is 9.18 Å². The van der Waals surface area contributed by atoms with Crippen molar-refractivity contribution in [3.63, 3.8) is 0 Å². The van der Waals surface area contributed by atoms with Crippen LogP contribution in [0.5, 0.6) is 5.75 Å². The summed E-state index contributed by atoms with van der Waals surface area (Å²) < 4.78 is 18.9. The average Bonchev–Trinajstić information content (AvgIpc) is 3.02. The molecule has 1 unspecified atom stereocenters. The topological polar surface area (TPSA) is 61.9 Å². The van der Waals surface area contributed by atoms with Gasteiger partial charge in [-0.05, 0) is 35.9 Å². The predicted molar refractivity (Wildman–Crippen MR) is 97.8 cm³/mol. The number of ether oxygens (including phenoxy) is 1. The summed E-state index contributed by atoms with van der Waals surface area (Å²) in [4.78, 5) is 28.5. The van der Waals surface area contributed by atoms with Gasteiger partial charge in [0.05, 0.1) is 31.0 Å². The average molecular weight is 367 g/mol. The first-order valence-corrected chi connectivity index (χ1v) is 8.48. The zero-order valence-electron chi connectivity index (χ0n) is 14.9. The Morgan fingerprint density at radius 2 is 1.93 bits per heavy atom. The summed E-state index contributed by atoms with van der Waals surface area (Å²) in [7, 11) is 3.18. The van der Waals surface area contributed by atoms with Crippen LogP contribution in [0.25, 0.3) is 0 Å². The zero-order chi connectivity index (χ0) is 19.1. The monoisotopic (exact) mass is 367 g/mol. The van der Waals surface area contributed by atoms with Crippen molar-refractivity contribution in [2.45, 2.75) is 6.04 Å². The van der Waals surface area contributed by atoms with Gasteiger partial charge in [0, 0.05) is 12.7 Å². The fraction of sp³-hybridized carbons (Fsp3) is 0.200. The lowest BCUT2D eigenvalue weighted by Crippen LogP contribution is -2.45. The molecule has 0 fully saturated rings. The van der Waals surface area contributed by atoms with Crippen molar-refractivity contribution in [2.75, 3.05) is 25.6 Å². The molecule has 0 aliphatic carbocycles. The second-order valence-corrected chi connectivity index (χ2v) is 6.45.